The number of carboxylic acids is 1. The number of carbonyl (C=O) groups is 1. The molecule has 0 radical (unpaired) electrons. The van der Waals surface area contributed by atoms with Crippen molar-refractivity contribution >= 4 is 17.1 Å². The number of rotatable bonds is 2. The standard InChI is InChI=1S/C14H17N3O2/c1-14(2,3)13-16-10-6-8(12(18)19)7-15-11(10)17(13)9-4-5-9/h6-7,9H,4-5H2,1-3H3,(H,18,19). The zero-order valence-corrected chi connectivity index (χ0v) is 11.3. The average Bonchev–Trinajstić information content (AvgIpc) is 3.07. The molecule has 0 unspecified atom stereocenters. The van der Waals surface area contributed by atoms with Crippen molar-refractivity contribution in [2.24, 2.45) is 0 Å². The van der Waals surface area contributed by atoms with Gasteiger partial charge in [0.25, 0.3) is 0 Å². The first-order chi connectivity index (χ1) is 8.88. The lowest BCUT2D eigenvalue weighted by Crippen LogP contribution is -2.18. The van der Waals surface area contributed by atoms with E-state index in [1.807, 2.05) is 0 Å². The molecule has 1 aliphatic carbocycles. The maximum absolute atomic E-state index is 11.0. The lowest BCUT2D eigenvalue weighted by atomic mass is 9.95. The number of imidazole rings is 1. The highest BCUT2D eigenvalue weighted by Crippen LogP contribution is 2.40. The van der Waals surface area contributed by atoms with Crippen molar-refractivity contribution < 1.29 is 9.90 Å². The van der Waals surface area contributed by atoms with Gasteiger partial charge in [-0.05, 0) is 18.9 Å². The van der Waals surface area contributed by atoms with E-state index >= 15 is 0 Å². The molecule has 0 aromatic carbocycles. The molecule has 1 aliphatic rings. The fourth-order valence-corrected chi connectivity index (χ4v) is 2.31. The number of pyridine rings is 1. The number of hydrogen-bond acceptors (Lipinski definition) is 3. The molecule has 2 heterocycles. The Bertz CT molecular complexity index is 663. The highest BCUT2D eigenvalue weighted by molar-refractivity contribution is 5.91. The molecule has 1 N–H and O–H groups in total. The summed E-state index contributed by atoms with van der Waals surface area (Å²) < 4.78 is 2.18. The molecule has 0 amide bonds. The Labute approximate surface area is 111 Å². The van der Waals surface area contributed by atoms with Crippen LogP contribution in [0.5, 0.6) is 0 Å². The number of fused-ring (bicyclic) bond motifs is 1. The number of aromatic nitrogens is 3. The number of hydrogen-bond donors (Lipinski definition) is 1. The average molecular weight is 259 g/mol. The molecule has 2 aromatic rings. The normalized spacial score (nSPS) is 15.9. The monoisotopic (exact) mass is 259 g/mol. The molecule has 100 valence electrons. The fourth-order valence-electron chi connectivity index (χ4n) is 2.31. The summed E-state index contributed by atoms with van der Waals surface area (Å²) in [6, 6.07) is 2.08. The van der Waals surface area contributed by atoms with E-state index in [1.54, 1.807) is 6.07 Å². The lowest BCUT2D eigenvalue weighted by Gasteiger charge is -2.19. The summed E-state index contributed by atoms with van der Waals surface area (Å²) in [6.45, 7) is 6.35. The minimum Gasteiger partial charge on any atom is -0.478 e. The van der Waals surface area contributed by atoms with E-state index in [0.29, 0.717) is 11.6 Å². The smallest absolute Gasteiger partial charge is 0.337 e. The zero-order chi connectivity index (χ0) is 13.8. The summed E-state index contributed by atoms with van der Waals surface area (Å²) in [5.41, 5.74) is 1.59. The third-order valence-corrected chi connectivity index (χ3v) is 3.36. The van der Waals surface area contributed by atoms with Gasteiger partial charge >= 0.3 is 5.97 Å². The van der Waals surface area contributed by atoms with Crippen molar-refractivity contribution in [2.45, 2.75) is 45.1 Å². The minimum absolute atomic E-state index is 0.0767. The van der Waals surface area contributed by atoms with Crippen LogP contribution in [0.2, 0.25) is 0 Å². The third-order valence-electron chi connectivity index (χ3n) is 3.36. The number of carboxylic acid groups (broad SMARTS) is 1. The quantitative estimate of drug-likeness (QED) is 0.900. The van der Waals surface area contributed by atoms with E-state index < -0.39 is 5.97 Å². The summed E-state index contributed by atoms with van der Waals surface area (Å²) in [5.74, 6) is 0.0210. The topological polar surface area (TPSA) is 68.0 Å². The predicted octanol–water partition coefficient (Wildman–Crippen LogP) is 2.76. The van der Waals surface area contributed by atoms with Crippen molar-refractivity contribution in [3.8, 4) is 0 Å². The van der Waals surface area contributed by atoms with E-state index in [2.05, 4.69) is 35.3 Å². The molecule has 5 heteroatoms. The van der Waals surface area contributed by atoms with Crippen LogP contribution in [0.1, 0.15) is 55.8 Å². The number of nitrogens with zero attached hydrogens (tertiary/aromatic N) is 3. The highest BCUT2D eigenvalue weighted by atomic mass is 16.4. The Hall–Kier alpha value is -1.91. The van der Waals surface area contributed by atoms with Crippen LogP contribution >= 0.6 is 0 Å². The van der Waals surface area contributed by atoms with Gasteiger partial charge in [-0.2, -0.15) is 0 Å². The van der Waals surface area contributed by atoms with Crippen LogP contribution in [0.15, 0.2) is 12.3 Å². The third kappa shape index (κ3) is 1.99. The van der Waals surface area contributed by atoms with Crippen molar-refractivity contribution in [3.63, 3.8) is 0 Å². The van der Waals surface area contributed by atoms with Crippen molar-refractivity contribution in [1.29, 1.82) is 0 Å². The first-order valence-corrected chi connectivity index (χ1v) is 6.49. The molecule has 0 bridgehead atoms. The van der Waals surface area contributed by atoms with Gasteiger partial charge in [-0.15, -0.1) is 0 Å². The second-order valence-electron chi connectivity index (χ2n) is 6.16. The summed E-state index contributed by atoms with van der Waals surface area (Å²) >= 11 is 0. The molecule has 0 aliphatic heterocycles. The van der Waals surface area contributed by atoms with E-state index in [1.165, 1.54) is 6.20 Å². The summed E-state index contributed by atoms with van der Waals surface area (Å²) in [6.07, 6.45) is 3.71. The van der Waals surface area contributed by atoms with Crippen LogP contribution in [0.3, 0.4) is 0 Å². The van der Waals surface area contributed by atoms with Crippen LogP contribution in [0.25, 0.3) is 11.2 Å². The Kier molecular flexibility index (Phi) is 2.42. The second-order valence-corrected chi connectivity index (χ2v) is 6.16. The van der Waals surface area contributed by atoms with Gasteiger partial charge in [0, 0.05) is 17.7 Å². The van der Waals surface area contributed by atoms with Crippen LogP contribution in [-0.2, 0) is 5.41 Å². The van der Waals surface area contributed by atoms with Crippen LogP contribution < -0.4 is 0 Å². The van der Waals surface area contributed by atoms with Crippen molar-refractivity contribution in [2.75, 3.05) is 0 Å². The molecular weight excluding hydrogens is 242 g/mol. The Balaban J connectivity index is 2.26. The zero-order valence-electron chi connectivity index (χ0n) is 11.3. The molecular formula is C14H17N3O2. The summed E-state index contributed by atoms with van der Waals surface area (Å²) in [7, 11) is 0. The second kappa shape index (κ2) is 3.79. The molecule has 1 fully saturated rings. The predicted molar refractivity (Wildman–Crippen MR) is 71.5 cm³/mol. The molecule has 3 rings (SSSR count). The van der Waals surface area contributed by atoms with Gasteiger partial charge < -0.3 is 9.67 Å². The summed E-state index contributed by atoms with van der Waals surface area (Å²) in [4.78, 5) is 19.9. The van der Waals surface area contributed by atoms with E-state index in [4.69, 9.17) is 5.11 Å². The Morgan fingerprint density at radius 1 is 1.42 bits per heavy atom. The SMILES string of the molecule is CC(C)(C)c1nc2cc(C(=O)O)cnc2n1C1CC1. The van der Waals surface area contributed by atoms with Crippen LogP contribution in [-0.4, -0.2) is 25.6 Å². The van der Waals surface area contributed by atoms with Gasteiger partial charge in [-0.25, -0.2) is 14.8 Å². The summed E-state index contributed by atoms with van der Waals surface area (Å²) in [5, 5.41) is 9.03. The fraction of sp³-hybridized carbons (Fsp3) is 0.500. The molecule has 1 saturated carbocycles. The van der Waals surface area contributed by atoms with Gasteiger partial charge in [-0.1, -0.05) is 20.8 Å². The first kappa shape index (κ1) is 12.1. The largest absolute Gasteiger partial charge is 0.478 e. The van der Waals surface area contributed by atoms with E-state index in [0.717, 1.165) is 24.3 Å². The molecule has 5 nitrogen and oxygen atoms in total. The maximum Gasteiger partial charge on any atom is 0.337 e. The first-order valence-electron chi connectivity index (χ1n) is 6.49. The molecule has 2 aromatic heterocycles. The number of aromatic carboxylic acids is 1. The van der Waals surface area contributed by atoms with Gasteiger partial charge in [0.2, 0.25) is 0 Å². The van der Waals surface area contributed by atoms with Gasteiger partial charge in [-0.3, -0.25) is 0 Å². The Morgan fingerprint density at radius 2 is 2.11 bits per heavy atom. The lowest BCUT2D eigenvalue weighted by molar-refractivity contribution is 0.0696. The van der Waals surface area contributed by atoms with Crippen LogP contribution in [0, 0.1) is 0 Å². The Morgan fingerprint density at radius 3 is 2.63 bits per heavy atom. The van der Waals surface area contributed by atoms with E-state index in [-0.39, 0.29) is 11.0 Å². The minimum atomic E-state index is -0.965. The van der Waals surface area contributed by atoms with E-state index in [9.17, 15) is 4.79 Å². The van der Waals surface area contributed by atoms with Gasteiger partial charge in [0.15, 0.2) is 5.65 Å². The molecule has 0 atom stereocenters. The molecule has 0 spiro atoms. The van der Waals surface area contributed by atoms with Crippen molar-refractivity contribution in [3.05, 3.63) is 23.7 Å². The van der Waals surface area contributed by atoms with Crippen molar-refractivity contribution in [1.82, 2.24) is 14.5 Å². The van der Waals surface area contributed by atoms with Crippen LogP contribution in [0.4, 0.5) is 0 Å². The molecule has 19 heavy (non-hydrogen) atoms. The molecule has 0 saturated heterocycles. The maximum atomic E-state index is 11.0. The van der Waals surface area contributed by atoms with Gasteiger partial charge in [0.05, 0.1) is 5.56 Å². The van der Waals surface area contributed by atoms with Gasteiger partial charge in [0.1, 0.15) is 11.3 Å². The highest BCUT2D eigenvalue weighted by Gasteiger charge is 2.33.